The number of rotatable bonds is 5. The molecule has 1 saturated carbocycles. The maximum absolute atomic E-state index is 12.5. The maximum Gasteiger partial charge on any atom is 0.243 e. The lowest BCUT2D eigenvalue weighted by atomic mass is 10.2. The molecule has 108 valence electrons. The SMILES string of the molecule is CN(C(=O)[C@@H]1CCCN1)c1ccccc1OCC1CC1. The summed E-state index contributed by atoms with van der Waals surface area (Å²) in [6, 6.07) is 7.76. The molecule has 1 aromatic rings. The summed E-state index contributed by atoms with van der Waals surface area (Å²) < 4.78 is 5.88. The molecule has 2 aliphatic rings. The van der Waals surface area contributed by atoms with Gasteiger partial charge in [-0.2, -0.15) is 0 Å². The fraction of sp³-hybridized carbons (Fsp3) is 0.562. The van der Waals surface area contributed by atoms with Gasteiger partial charge in [-0.05, 0) is 50.3 Å². The summed E-state index contributed by atoms with van der Waals surface area (Å²) in [5, 5.41) is 3.25. The van der Waals surface area contributed by atoms with Gasteiger partial charge in [0, 0.05) is 7.05 Å². The van der Waals surface area contributed by atoms with Gasteiger partial charge in [-0.25, -0.2) is 0 Å². The predicted octanol–water partition coefficient (Wildman–Crippen LogP) is 2.19. The first-order valence-electron chi connectivity index (χ1n) is 7.48. The minimum atomic E-state index is -0.0449. The maximum atomic E-state index is 12.5. The smallest absolute Gasteiger partial charge is 0.243 e. The lowest BCUT2D eigenvalue weighted by molar-refractivity contribution is -0.120. The topological polar surface area (TPSA) is 41.6 Å². The molecule has 4 nitrogen and oxygen atoms in total. The van der Waals surface area contributed by atoms with Gasteiger partial charge in [-0.15, -0.1) is 0 Å². The fourth-order valence-corrected chi connectivity index (χ4v) is 2.60. The first kappa shape index (κ1) is 13.4. The Morgan fingerprint density at radius 1 is 1.35 bits per heavy atom. The van der Waals surface area contributed by atoms with Gasteiger partial charge < -0.3 is 15.0 Å². The number of hydrogen-bond acceptors (Lipinski definition) is 3. The Labute approximate surface area is 120 Å². The van der Waals surface area contributed by atoms with Gasteiger partial charge in [0.15, 0.2) is 0 Å². The largest absolute Gasteiger partial charge is 0.491 e. The first-order chi connectivity index (χ1) is 9.75. The van der Waals surface area contributed by atoms with E-state index in [2.05, 4.69) is 5.32 Å². The van der Waals surface area contributed by atoms with Gasteiger partial charge in [0.1, 0.15) is 5.75 Å². The molecular formula is C16H22N2O2. The molecular weight excluding hydrogens is 252 g/mol. The minimum Gasteiger partial charge on any atom is -0.491 e. The second-order valence-corrected chi connectivity index (χ2v) is 5.77. The lowest BCUT2D eigenvalue weighted by Gasteiger charge is -2.23. The second-order valence-electron chi connectivity index (χ2n) is 5.77. The van der Waals surface area contributed by atoms with E-state index in [1.165, 1.54) is 12.8 Å². The molecule has 0 bridgehead atoms. The third kappa shape index (κ3) is 2.96. The van der Waals surface area contributed by atoms with Gasteiger partial charge >= 0.3 is 0 Å². The number of carbonyl (C=O) groups excluding carboxylic acids is 1. The third-order valence-corrected chi connectivity index (χ3v) is 4.09. The summed E-state index contributed by atoms with van der Waals surface area (Å²) in [4.78, 5) is 14.2. The molecule has 0 aromatic heterocycles. The van der Waals surface area contributed by atoms with Crippen molar-refractivity contribution in [3.63, 3.8) is 0 Å². The second kappa shape index (κ2) is 5.83. The Bertz CT molecular complexity index is 479. The van der Waals surface area contributed by atoms with Crippen molar-refractivity contribution in [2.75, 3.05) is 25.1 Å². The van der Waals surface area contributed by atoms with Crippen LogP contribution in [0.3, 0.4) is 0 Å². The molecule has 1 aliphatic carbocycles. The summed E-state index contributed by atoms with van der Waals surface area (Å²) in [5.74, 6) is 1.65. The Balaban J connectivity index is 1.71. The van der Waals surface area contributed by atoms with Crippen LogP contribution in [0.2, 0.25) is 0 Å². The van der Waals surface area contributed by atoms with Gasteiger partial charge in [0.05, 0.1) is 18.3 Å². The van der Waals surface area contributed by atoms with Crippen molar-refractivity contribution < 1.29 is 9.53 Å². The highest BCUT2D eigenvalue weighted by atomic mass is 16.5. The standard InChI is InChI=1S/C16H22N2O2/c1-18(16(19)13-5-4-10-17-13)14-6-2-3-7-15(14)20-11-12-8-9-12/h2-3,6-7,12-13,17H,4-5,8-11H2,1H3/t13-/m0/s1. The molecule has 0 unspecified atom stereocenters. The summed E-state index contributed by atoms with van der Waals surface area (Å²) in [5.41, 5.74) is 0.867. The van der Waals surface area contributed by atoms with Crippen molar-refractivity contribution in [2.45, 2.75) is 31.7 Å². The Kier molecular flexibility index (Phi) is 3.92. The number of benzene rings is 1. The van der Waals surface area contributed by atoms with E-state index in [0.717, 1.165) is 37.4 Å². The summed E-state index contributed by atoms with van der Waals surface area (Å²) in [6.07, 6.45) is 4.53. The van der Waals surface area contributed by atoms with Crippen LogP contribution in [0, 0.1) is 5.92 Å². The molecule has 1 aliphatic heterocycles. The van der Waals surface area contributed by atoms with Crippen LogP contribution in [0.5, 0.6) is 5.75 Å². The highest BCUT2D eigenvalue weighted by Gasteiger charge is 2.27. The van der Waals surface area contributed by atoms with E-state index in [1.807, 2.05) is 31.3 Å². The molecule has 1 aromatic carbocycles. The number of carbonyl (C=O) groups is 1. The molecule has 1 N–H and O–H groups in total. The summed E-state index contributed by atoms with van der Waals surface area (Å²) in [7, 11) is 1.83. The molecule has 1 saturated heterocycles. The Hall–Kier alpha value is -1.55. The van der Waals surface area contributed by atoms with E-state index in [0.29, 0.717) is 5.92 Å². The molecule has 4 heteroatoms. The van der Waals surface area contributed by atoms with E-state index < -0.39 is 0 Å². The molecule has 0 spiro atoms. The predicted molar refractivity (Wildman–Crippen MR) is 79.1 cm³/mol. The zero-order valence-corrected chi connectivity index (χ0v) is 12.0. The van der Waals surface area contributed by atoms with Crippen molar-refractivity contribution in [3.8, 4) is 5.75 Å². The van der Waals surface area contributed by atoms with Gasteiger partial charge in [0.2, 0.25) is 5.91 Å². The van der Waals surface area contributed by atoms with E-state index in [1.54, 1.807) is 4.90 Å². The number of nitrogens with zero attached hydrogens (tertiary/aromatic N) is 1. The Morgan fingerprint density at radius 3 is 2.85 bits per heavy atom. The fourth-order valence-electron chi connectivity index (χ4n) is 2.60. The highest BCUT2D eigenvalue weighted by Crippen LogP contribution is 2.33. The van der Waals surface area contributed by atoms with Crippen molar-refractivity contribution in [1.82, 2.24) is 5.32 Å². The average Bonchev–Trinajstić information content (AvgIpc) is 3.15. The van der Waals surface area contributed by atoms with Crippen LogP contribution in [-0.2, 0) is 4.79 Å². The van der Waals surface area contributed by atoms with Crippen molar-refractivity contribution in [3.05, 3.63) is 24.3 Å². The van der Waals surface area contributed by atoms with Crippen molar-refractivity contribution in [2.24, 2.45) is 5.92 Å². The quantitative estimate of drug-likeness (QED) is 0.895. The minimum absolute atomic E-state index is 0.0449. The van der Waals surface area contributed by atoms with Crippen LogP contribution >= 0.6 is 0 Å². The number of likely N-dealkylation sites (N-methyl/N-ethyl adjacent to an activating group) is 1. The molecule has 1 heterocycles. The number of anilines is 1. The number of para-hydroxylation sites is 2. The van der Waals surface area contributed by atoms with E-state index >= 15 is 0 Å². The third-order valence-electron chi connectivity index (χ3n) is 4.09. The number of hydrogen-bond donors (Lipinski definition) is 1. The van der Waals surface area contributed by atoms with Crippen LogP contribution in [-0.4, -0.2) is 32.1 Å². The molecule has 3 rings (SSSR count). The molecule has 0 radical (unpaired) electrons. The van der Waals surface area contributed by atoms with Gasteiger partial charge in [-0.1, -0.05) is 12.1 Å². The molecule has 1 amide bonds. The zero-order chi connectivity index (χ0) is 13.9. The highest BCUT2D eigenvalue weighted by molar-refractivity contribution is 5.98. The van der Waals surface area contributed by atoms with Crippen LogP contribution in [0.1, 0.15) is 25.7 Å². The number of amides is 1. The number of nitrogens with one attached hydrogen (secondary N) is 1. The van der Waals surface area contributed by atoms with Crippen molar-refractivity contribution in [1.29, 1.82) is 0 Å². The zero-order valence-electron chi connectivity index (χ0n) is 12.0. The van der Waals surface area contributed by atoms with Crippen LogP contribution in [0.15, 0.2) is 24.3 Å². The monoisotopic (exact) mass is 274 g/mol. The van der Waals surface area contributed by atoms with Crippen LogP contribution < -0.4 is 15.0 Å². The van der Waals surface area contributed by atoms with Crippen molar-refractivity contribution >= 4 is 11.6 Å². The van der Waals surface area contributed by atoms with Crippen LogP contribution in [0.4, 0.5) is 5.69 Å². The van der Waals surface area contributed by atoms with Crippen LogP contribution in [0.25, 0.3) is 0 Å². The summed E-state index contributed by atoms with van der Waals surface area (Å²) >= 11 is 0. The van der Waals surface area contributed by atoms with E-state index in [-0.39, 0.29) is 11.9 Å². The lowest BCUT2D eigenvalue weighted by Crippen LogP contribution is -2.41. The normalized spacial score (nSPS) is 21.8. The summed E-state index contributed by atoms with van der Waals surface area (Å²) in [6.45, 7) is 1.70. The average molecular weight is 274 g/mol. The van der Waals surface area contributed by atoms with E-state index in [4.69, 9.17) is 4.74 Å². The van der Waals surface area contributed by atoms with Gasteiger partial charge in [-0.3, -0.25) is 4.79 Å². The first-order valence-corrected chi connectivity index (χ1v) is 7.48. The number of ether oxygens (including phenoxy) is 1. The molecule has 1 atom stereocenters. The molecule has 20 heavy (non-hydrogen) atoms. The molecule has 2 fully saturated rings. The van der Waals surface area contributed by atoms with E-state index in [9.17, 15) is 4.79 Å². The Morgan fingerprint density at radius 2 is 2.15 bits per heavy atom. The van der Waals surface area contributed by atoms with Gasteiger partial charge in [0.25, 0.3) is 0 Å².